The van der Waals surface area contributed by atoms with E-state index in [4.69, 9.17) is 0 Å². The summed E-state index contributed by atoms with van der Waals surface area (Å²) in [6.45, 7) is 0. The van der Waals surface area contributed by atoms with Crippen LogP contribution in [0.3, 0.4) is 0 Å². The van der Waals surface area contributed by atoms with Crippen LogP contribution in [0.25, 0.3) is 11.0 Å². The maximum atomic E-state index is 4.45. The second-order valence-corrected chi connectivity index (χ2v) is 4.99. The van der Waals surface area contributed by atoms with Gasteiger partial charge >= 0.3 is 0 Å². The molecule has 7 nitrogen and oxygen atoms in total. The fraction of sp³-hybridized carbons (Fsp3) is 0.308. The van der Waals surface area contributed by atoms with Crippen molar-refractivity contribution in [3.63, 3.8) is 0 Å². The summed E-state index contributed by atoms with van der Waals surface area (Å²) < 4.78 is 0. The molecule has 0 radical (unpaired) electrons. The lowest BCUT2D eigenvalue weighted by Crippen LogP contribution is -2.01. The Morgan fingerprint density at radius 1 is 1.30 bits per heavy atom. The van der Waals surface area contributed by atoms with E-state index in [1.54, 1.807) is 0 Å². The van der Waals surface area contributed by atoms with Crippen molar-refractivity contribution in [1.29, 1.82) is 0 Å². The highest BCUT2D eigenvalue weighted by molar-refractivity contribution is 5.88. The van der Waals surface area contributed by atoms with Crippen LogP contribution in [-0.4, -0.2) is 32.2 Å². The molecule has 0 bridgehead atoms. The van der Waals surface area contributed by atoms with Crippen molar-refractivity contribution in [2.24, 2.45) is 0 Å². The number of hydrogen-bond acceptors (Lipinski definition) is 5. The maximum absolute atomic E-state index is 4.45. The zero-order chi connectivity index (χ0) is 13.5. The Bertz CT molecular complexity index is 753. The van der Waals surface area contributed by atoms with Gasteiger partial charge in [0.05, 0.1) is 5.39 Å². The number of fused-ring (bicyclic) bond motifs is 1. The van der Waals surface area contributed by atoms with E-state index in [2.05, 4.69) is 35.8 Å². The van der Waals surface area contributed by atoms with Gasteiger partial charge in [0.25, 0.3) is 0 Å². The SMILES string of the molecule is CNc1nc(Nc2cc(C3CC3)[nH]n2)nc2[nH]ccc12. The summed E-state index contributed by atoms with van der Waals surface area (Å²) >= 11 is 0. The van der Waals surface area contributed by atoms with Gasteiger partial charge in [0, 0.05) is 30.9 Å². The predicted molar refractivity (Wildman–Crippen MR) is 77.3 cm³/mol. The van der Waals surface area contributed by atoms with E-state index in [0.29, 0.717) is 11.9 Å². The molecule has 3 aromatic rings. The molecule has 1 aliphatic carbocycles. The zero-order valence-corrected chi connectivity index (χ0v) is 11.1. The molecular formula is C13H15N7. The zero-order valence-electron chi connectivity index (χ0n) is 11.1. The van der Waals surface area contributed by atoms with Crippen LogP contribution in [0.15, 0.2) is 18.3 Å². The van der Waals surface area contributed by atoms with Gasteiger partial charge in [0.1, 0.15) is 11.5 Å². The van der Waals surface area contributed by atoms with Crippen LogP contribution in [0.1, 0.15) is 24.5 Å². The van der Waals surface area contributed by atoms with Gasteiger partial charge in [-0.25, -0.2) is 0 Å². The lowest BCUT2D eigenvalue weighted by molar-refractivity contribution is 0.965. The highest BCUT2D eigenvalue weighted by Crippen LogP contribution is 2.39. The molecule has 4 N–H and O–H groups in total. The molecule has 0 amide bonds. The summed E-state index contributed by atoms with van der Waals surface area (Å²) in [6, 6.07) is 3.98. The summed E-state index contributed by atoms with van der Waals surface area (Å²) in [4.78, 5) is 12.0. The van der Waals surface area contributed by atoms with Gasteiger partial charge in [-0.1, -0.05) is 0 Å². The number of H-pyrrole nitrogens is 2. The third-order valence-corrected chi connectivity index (χ3v) is 3.51. The van der Waals surface area contributed by atoms with Crippen molar-refractivity contribution < 1.29 is 0 Å². The molecule has 4 rings (SSSR count). The average molecular weight is 269 g/mol. The molecule has 1 aliphatic rings. The summed E-state index contributed by atoms with van der Waals surface area (Å²) in [5.74, 6) is 2.72. The van der Waals surface area contributed by atoms with Crippen LogP contribution in [-0.2, 0) is 0 Å². The number of hydrogen-bond donors (Lipinski definition) is 4. The Morgan fingerprint density at radius 2 is 2.20 bits per heavy atom. The van der Waals surface area contributed by atoms with Crippen molar-refractivity contribution in [2.45, 2.75) is 18.8 Å². The lowest BCUT2D eigenvalue weighted by atomic mass is 10.3. The molecule has 0 spiro atoms. The van der Waals surface area contributed by atoms with E-state index in [0.717, 1.165) is 22.7 Å². The molecule has 3 aromatic heterocycles. The fourth-order valence-electron chi connectivity index (χ4n) is 2.31. The lowest BCUT2D eigenvalue weighted by Gasteiger charge is -2.05. The van der Waals surface area contributed by atoms with Crippen molar-refractivity contribution >= 4 is 28.6 Å². The molecule has 3 heterocycles. The van der Waals surface area contributed by atoms with Gasteiger partial charge in [0.15, 0.2) is 5.82 Å². The summed E-state index contributed by atoms with van der Waals surface area (Å²) in [5, 5.41) is 14.5. The Morgan fingerprint density at radius 3 is 3.00 bits per heavy atom. The fourth-order valence-corrected chi connectivity index (χ4v) is 2.31. The van der Waals surface area contributed by atoms with Crippen LogP contribution in [0.5, 0.6) is 0 Å². The Kier molecular flexibility index (Phi) is 2.38. The van der Waals surface area contributed by atoms with E-state index < -0.39 is 0 Å². The first kappa shape index (κ1) is 11.3. The van der Waals surface area contributed by atoms with Crippen molar-refractivity contribution in [3.8, 4) is 0 Å². The number of anilines is 3. The molecule has 0 aromatic carbocycles. The molecule has 1 saturated carbocycles. The summed E-state index contributed by atoms with van der Waals surface area (Å²) in [6.07, 6.45) is 4.34. The molecule has 0 aliphatic heterocycles. The van der Waals surface area contributed by atoms with Gasteiger partial charge in [-0.15, -0.1) is 0 Å². The second kappa shape index (κ2) is 4.22. The van der Waals surface area contributed by atoms with Gasteiger partial charge in [-0.05, 0) is 18.9 Å². The third-order valence-electron chi connectivity index (χ3n) is 3.51. The Labute approximate surface area is 115 Å². The standard InChI is InChI=1S/C13H15N7/c1-14-11-8-4-5-15-12(8)18-13(17-11)16-10-6-9(19-20-10)7-2-3-7/h4-7H,2-3H2,1H3,(H4,14,15,16,17,18,19,20). The third kappa shape index (κ3) is 1.87. The first-order valence-corrected chi connectivity index (χ1v) is 6.68. The Hall–Kier alpha value is -2.57. The topological polar surface area (TPSA) is 94.3 Å². The number of nitrogens with one attached hydrogen (secondary N) is 4. The largest absolute Gasteiger partial charge is 0.372 e. The van der Waals surface area contributed by atoms with Gasteiger partial charge in [-0.2, -0.15) is 15.1 Å². The predicted octanol–water partition coefficient (Wildman–Crippen LogP) is 2.34. The minimum absolute atomic E-state index is 0.526. The Balaban J connectivity index is 1.66. The first-order chi connectivity index (χ1) is 9.83. The molecule has 0 unspecified atom stereocenters. The van der Waals surface area contributed by atoms with Crippen LogP contribution in [0, 0.1) is 0 Å². The highest BCUT2D eigenvalue weighted by atomic mass is 15.2. The van der Waals surface area contributed by atoms with Gasteiger partial charge < -0.3 is 15.6 Å². The molecule has 7 heteroatoms. The van der Waals surface area contributed by atoms with E-state index in [1.165, 1.54) is 18.5 Å². The average Bonchev–Trinajstić information content (AvgIpc) is 3.02. The van der Waals surface area contributed by atoms with Crippen molar-refractivity contribution in [1.82, 2.24) is 25.1 Å². The quantitative estimate of drug-likeness (QED) is 0.583. The van der Waals surface area contributed by atoms with E-state index in [-0.39, 0.29) is 0 Å². The highest BCUT2D eigenvalue weighted by Gasteiger charge is 2.25. The van der Waals surface area contributed by atoms with E-state index in [9.17, 15) is 0 Å². The maximum Gasteiger partial charge on any atom is 0.232 e. The normalized spacial score (nSPS) is 14.7. The van der Waals surface area contributed by atoms with Gasteiger partial charge in [0.2, 0.25) is 5.95 Å². The minimum Gasteiger partial charge on any atom is -0.372 e. The summed E-state index contributed by atoms with van der Waals surface area (Å²) in [7, 11) is 1.85. The van der Waals surface area contributed by atoms with Crippen LogP contribution in [0.4, 0.5) is 17.6 Å². The molecule has 20 heavy (non-hydrogen) atoms. The molecule has 0 saturated heterocycles. The van der Waals surface area contributed by atoms with Crippen LogP contribution >= 0.6 is 0 Å². The van der Waals surface area contributed by atoms with E-state index in [1.807, 2.05) is 25.4 Å². The number of rotatable bonds is 4. The van der Waals surface area contributed by atoms with Crippen LogP contribution in [0.2, 0.25) is 0 Å². The van der Waals surface area contributed by atoms with Crippen molar-refractivity contribution in [3.05, 3.63) is 24.0 Å². The number of nitrogens with zero attached hydrogens (tertiary/aromatic N) is 3. The van der Waals surface area contributed by atoms with Crippen molar-refractivity contribution in [2.75, 3.05) is 17.7 Å². The molecule has 1 fully saturated rings. The molecule has 102 valence electrons. The van der Waals surface area contributed by atoms with Crippen LogP contribution < -0.4 is 10.6 Å². The number of aromatic amines is 2. The van der Waals surface area contributed by atoms with E-state index >= 15 is 0 Å². The van der Waals surface area contributed by atoms with Gasteiger partial charge in [-0.3, -0.25) is 5.10 Å². The smallest absolute Gasteiger partial charge is 0.232 e. The summed E-state index contributed by atoms with van der Waals surface area (Å²) in [5.41, 5.74) is 1.98. The number of aromatic nitrogens is 5. The monoisotopic (exact) mass is 269 g/mol. The molecular weight excluding hydrogens is 254 g/mol. The second-order valence-electron chi connectivity index (χ2n) is 4.99. The molecule has 0 atom stereocenters. The minimum atomic E-state index is 0.526. The first-order valence-electron chi connectivity index (χ1n) is 6.68.